The van der Waals surface area contributed by atoms with Crippen LogP contribution in [0, 0.1) is 5.41 Å². The van der Waals surface area contributed by atoms with Crippen molar-refractivity contribution in [1.82, 2.24) is 5.01 Å². The zero-order valence-corrected chi connectivity index (χ0v) is 16.3. The fourth-order valence-electron chi connectivity index (χ4n) is 2.39. The van der Waals surface area contributed by atoms with Crippen molar-refractivity contribution in [1.29, 1.82) is 0 Å². The highest BCUT2D eigenvalue weighted by atomic mass is 32.2. The Labute approximate surface area is 161 Å². The van der Waals surface area contributed by atoms with Crippen LogP contribution in [0.5, 0.6) is 0 Å². The van der Waals surface area contributed by atoms with Gasteiger partial charge in [-0.15, -0.1) is 0 Å². The van der Waals surface area contributed by atoms with Crippen molar-refractivity contribution in [3.63, 3.8) is 0 Å². The molecule has 1 aliphatic carbocycles. The Morgan fingerprint density at radius 3 is 2.43 bits per heavy atom. The van der Waals surface area contributed by atoms with Gasteiger partial charge in [-0.3, -0.25) is 9.80 Å². The van der Waals surface area contributed by atoms with E-state index in [2.05, 4.69) is 4.18 Å². The van der Waals surface area contributed by atoms with Crippen LogP contribution in [0.1, 0.15) is 33.1 Å². The monoisotopic (exact) mass is 431 g/mol. The highest BCUT2D eigenvalue weighted by molar-refractivity contribution is 7.87. The van der Waals surface area contributed by atoms with Gasteiger partial charge < -0.3 is 19.4 Å². The molecule has 0 aromatic heterocycles. The number of esters is 1. The van der Waals surface area contributed by atoms with E-state index >= 15 is 0 Å². The van der Waals surface area contributed by atoms with Gasteiger partial charge in [0.25, 0.3) is 0 Å². The summed E-state index contributed by atoms with van der Waals surface area (Å²) < 4.78 is 74.3. The fourth-order valence-corrected chi connectivity index (χ4v) is 2.92. The highest BCUT2D eigenvalue weighted by Gasteiger charge is 2.50. The van der Waals surface area contributed by atoms with Crippen LogP contribution in [-0.2, 0) is 28.6 Å². The van der Waals surface area contributed by atoms with E-state index in [1.165, 1.54) is 5.01 Å². The molecule has 4 N–H and O–H groups in total. The number of hydrazine groups is 1. The molecule has 1 aliphatic rings. The standard InChI is InChI=1S/C15H24F3N3O6S/c1-3-21(20)12(9-19)26-10-14(13(22)25-4-2)7-5-11(6-8-14)27-28(23,24)15(16,17)18/h5,9H,3-4,6-8,10,19-20H2,1-2H3/b12-9+. The molecule has 0 amide bonds. The zero-order valence-electron chi connectivity index (χ0n) is 15.5. The Bertz CT molecular complexity index is 723. The second kappa shape index (κ2) is 9.37. The Morgan fingerprint density at radius 1 is 1.36 bits per heavy atom. The number of hydrogen-bond acceptors (Lipinski definition) is 9. The van der Waals surface area contributed by atoms with Gasteiger partial charge in [-0.1, -0.05) is 0 Å². The second-order valence-corrected chi connectivity index (χ2v) is 7.48. The number of nitrogens with zero attached hydrogens (tertiary/aromatic N) is 1. The molecule has 1 atom stereocenters. The number of hydrogen-bond donors (Lipinski definition) is 2. The molecule has 0 aromatic carbocycles. The molecular weight excluding hydrogens is 407 g/mol. The third-order valence-corrected chi connectivity index (χ3v) is 5.04. The van der Waals surface area contributed by atoms with Gasteiger partial charge >= 0.3 is 21.6 Å². The summed E-state index contributed by atoms with van der Waals surface area (Å²) in [4.78, 5) is 12.4. The lowest BCUT2D eigenvalue weighted by Crippen LogP contribution is -2.41. The van der Waals surface area contributed by atoms with E-state index in [1.54, 1.807) is 13.8 Å². The molecule has 0 saturated carbocycles. The Morgan fingerprint density at radius 2 is 2.00 bits per heavy atom. The molecule has 0 fully saturated rings. The zero-order chi connectivity index (χ0) is 21.6. The minimum absolute atomic E-state index is 0.0560. The molecule has 0 saturated heterocycles. The van der Waals surface area contributed by atoms with Gasteiger partial charge in [-0.2, -0.15) is 21.6 Å². The lowest BCUT2D eigenvalue weighted by Gasteiger charge is -2.34. The molecule has 1 unspecified atom stereocenters. The number of allylic oxidation sites excluding steroid dienone is 2. The minimum atomic E-state index is -5.77. The van der Waals surface area contributed by atoms with Gasteiger partial charge in [0, 0.05) is 13.0 Å². The summed E-state index contributed by atoms with van der Waals surface area (Å²) in [6.07, 6.45) is 1.77. The topological polar surface area (TPSA) is 134 Å². The molecule has 0 radical (unpaired) electrons. The maximum Gasteiger partial charge on any atom is 0.534 e. The van der Waals surface area contributed by atoms with Crippen molar-refractivity contribution in [3.05, 3.63) is 23.9 Å². The first kappa shape index (κ1) is 23.9. The average molecular weight is 431 g/mol. The molecule has 9 nitrogen and oxygen atoms in total. The Kier molecular flexibility index (Phi) is 7.99. The van der Waals surface area contributed by atoms with Crippen LogP contribution in [0.3, 0.4) is 0 Å². The summed E-state index contributed by atoms with van der Waals surface area (Å²) in [6.45, 7) is 3.55. The summed E-state index contributed by atoms with van der Waals surface area (Å²) in [7, 11) is -5.77. The maximum absolute atomic E-state index is 12.5. The van der Waals surface area contributed by atoms with Crippen molar-refractivity contribution < 1.29 is 40.0 Å². The fraction of sp³-hybridized carbons (Fsp3) is 0.667. The van der Waals surface area contributed by atoms with E-state index < -0.39 is 32.8 Å². The van der Waals surface area contributed by atoms with Crippen LogP contribution in [0.4, 0.5) is 13.2 Å². The number of nitrogens with two attached hydrogens (primary N) is 2. The first-order chi connectivity index (χ1) is 12.9. The molecule has 1 rings (SSSR count). The van der Waals surface area contributed by atoms with Crippen LogP contribution >= 0.6 is 0 Å². The third kappa shape index (κ3) is 5.67. The van der Waals surface area contributed by atoms with Crippen molar-refractivity contribution in [3.8, 4) is 0 Å². The minimum Gasteiger partial charge on any atom is -0.476 e. The molecule has 0 heterocycles. The smallest absolute Gasteiger partial charge is 0.476 e. The van der Waals surface area contributed by atoms with Gasteiger partial charge in [0.05, 0.1) is 12.8 Å². The largest absolute Gasteiger partial charge is 0.534 e. The molecule has 0 spiro atoms. The van der Waals surface area contributed by atoms with Crippen LogP contribution in [0.15, 0.2) is 23.9 Å². The van der Waals surface area contributed by atoms with E-state index in [0.717, 1.165) is 12.3 Å². The molecular formula is C15H24F3N3O6S. The third-order valence-electron chi connectivity index (χ3n) is 4.04. The SMILES string of the molecule is CCOC(=O)C1(CO/C(=C/N)N(N)CC)CC=C(OS(=O)(=O)C(F)(F)F)CC1. The van der Waals surface area contributed by atoms with Crippen molar-refractivity contribution in [2.45, 2.75) is 38.6 Å². The average Bonchev–Trinajstić information content (AvgIpc) is 2.62. The van der Waals surface area contributed by atoms with E-state index in [0.29, 0.717) is 6.54 Å². The Balaban J connectivity index is 3.00. The normalized spacial score (nSPS) is 20.9. The summed E-state index contributed by atoms with van der Waals surface area (Å²) in [5, 5.41) is 1.20. The first-order valence-electron chi connectivity index (χ1n) is 8.36. The second-order valence-electron chi connectivity index (χ2n) is 5.94. The van der Waals surface area contributed by atoms with E-state index in [9.17, 15) is 26.4 Å². The molecule has 13 heteroatoms. The van der Waals surface area contributed by atoms with Crippen molar-refractivity contribution in [2.75, 3.05) is 19.8 Å². The van der Waals surface area contributed by atoms with Gasteiger partial charge in [-0.05, 0) is 32.8 Å². The Hall–Kier alpha value is -2.15. The number of alkyl halides is 3. The molecule has 0 aliphatic heterocycles. The highest BCUT2D eigenvalue weighted by Crippen LogP contribution is 2.39. The van der Waals surface area contributed by atoms with E-state index in [-0.39, 0.29) is 38.4 Å². The summed E-state index contributed by atoms with van der Waals surface area (Å²) in [6, 6.07) is 0. The lowest BCUT2D eigenvalue weighted by molar-refractivity contribution is -0.160. The van der Waals surface area contributed by atoms with Crippen LogP contribution in [-0.4, -0.2) is 44.7 Å². The van der Waals surface area contributed by atoms with Crippen molar-refractivity contribution >= 4 is 16.1 Å². The number of carbonyl (C=O) groups excluding carboxylic acids is 1. The number of ether oxygens (including phenoxy) is 2. The quantitative estimate of drug-likeness (QED) is 0.139. The lowest BCUT2D eigenvalue weighted by atomic mass is 9.77. The number of carbonyl (C=O) groups is 1. The predicted molar refractivity (Wildman–Crippen MR) is 91.8 cm³/mol. The van der Waals surface area contributed by atoms with Crippen LogP contribution in [0.25, 0.3) is 0 Å². The molecule has 28 heavy (non-hydrogen) atoms. The van der Waals surface area contributed by atoms with Crippen LogP contribution < -0.4 is 11.6 Å². The maximum atomic E-state index is 12.5. The molecule has 0 bridgehead atoms. The van der Waals surface area contributed by atoms with Crippen LogP contribution in [0.2, 0.25) is 0 Å². The number of rotatable bonds is 9. The van der Waals surface area contributed by atoms with Gasteiger partial charge in [0.2, 0.25) is 5.88 Å². The van der Waals surface area contributed by atoms with E-state index in [4.69, 9.17) is 21.1 Å². The molecule has 0 aromatic rings. The van der Waals surface area contributed by atoms with Gasteiger partial charge in [0.15, 0.2) is 0 Å². The molecule has 162 valence electrons. The summed E-state index contributed by atoms with van der Waals surface area (Å²) in [5.74, 6) is 4.75. The van der Waals surface area contributed by atoms with E-state index in [1.807, 2.05) is 0 Å². The number of halogens is 3. The van der Waals surface area contributed by atoms with Gasteiger partial charge in [-0.25, -0.2) is 5.84 Å². The van der Waals surface area contributed by atoms with Gasteiger partial charge in [0.1, 0.15) is 17.8 Å². The summed E-state index contributed by atoms with van der Waals surface area (Å²) in [5.41, 5.74) is -1.35. The summed E-state index contributed by atoms with van der Waals surface area (Å²) >= 11 is 0. The first-order valence-corrected chi connectivity index (χ1v) is 9.77. The predicted octanol–water partition coefficient (Wildman–Crippen LogP) is 1.44. The van der Waals surface area contributed by atoms with Crippen molar-refractivity contribution in [2.24, 2.45) is 17.0 Å².